The van der Waals surface area contributed by atoms with E-state index in [4.69, 9.17) is 0 Å². The molecule has 0 aromatic heterocycles. The molecule has 126 valence electrons. The summed E-state index contributed by atoms with van der Waals surface area (Å²) in [4.78, 5) is 25.4. The predicted molar refractivity (Wildman–Crippen MR) is 79.0 cm³/mol. The van der Waals surface area contributed by atoms with Crippen LogP contribution in [0.4, 0.5) is 23.7 Å². The Bertz CT molecular complexity index is 590. The Hall–Kier alpha value is -2.25. The number of alkyl halides is 3. The van der Waals surface area contributed by atoms with Gasteiger partial charge in [0, 0.05) is 12.2 Å². The molecular weight excluding hydrogens is 311 g/mol. The molecule has 1 heterocycles. The lowest BCUT2D eigenvalue weighted by Crippen LogP contribution is -2.49. The van der Waals surface area contributed by atoms with Crippen molar-refractivity contribution in [2.75, 3.05) is 18.4 Å². The third-order valence-electron chi connectivity index (χ3n) is 3.55. The first-order valence-electron chi connectivity index (χ1n) is 7.25. The van der Waals surface area contributed by atoms with E-state index in [0.29, 0.717) is 25.1 Å². The highest BCUT2D eigenvalue weighted by Gasteiger charge is 2.36. The van der Waals surface area contributed by atoms with Crippen LogP contribution in [0.1, 0.15) is 18.4 Å². The van der Waals surface area contributed by atoms with Crippen LogP contribution in [0.15, 0.2) is 24.3 Å². The van der Waals surface area contributed by atoms with E-state index in [-0.39, 0.29) is 0 Å². The van der Waals surface area contributed by atoms with Crippen molar-refractivity contribution in [3.8, 4) is 0 Å². The van der Waals surface area contributed by atoms with Gasteiger partial charge in [0.15, 0.2) is 0 Å². The molecule has 3 amide bonds. The molecule has 1 atom stereocenters. The van der Waals surface area contributed by atoms with Gasteiger partial charge in [-0.25, -0.2) is 4.79 Å². The molecule has 1 aromatic rings. The SMILES string of the molecule is Cc1cccc(NC(=O)N2CCC[C@H]2C(=O)NCC(F)(F)F)c1. The highest BCUT2D eigenvalue weighted by molar-refractivity contribution is 5.94. The molecule has 1 aliphatic heterocycles. The van der Waals surface area contributed by atoms with Gasteiger partial charge in [-0.15, -0.1) is 0 Å². The number of nitrogens with one attached hydrogen (secondary N) is 2. The van der Waals surface area contributed by atoms with Gasteiger partial charge in [0.2, 0.25) is 5.91 Å². The number of amides is 3. The molecule has 1 fully saturated rings. The minimum atomic E-state index is -4.47. The van der Waals surface area contributed by atoms with Crippen molar-refractivity contribution in [1.82, 2.24) is 10.2 Å². The molecule has 0 spiro atoms. The number of nitrogens with zero attached hydrogens (tertiary/aromatic N) is 1. The number of urea groups is 1. The van der Waals surface area contributed by atoms with Crippen LogP contribution in [0.2, 0.25) is 0 Å². The van der Waals surface area contributed by atoms with Gasteiger partial charge in [-0.2, -0.15) is 13.2 Å². The van der Waals surface area contributed by atoms with Crippen LogP contribution in [-0.2, 0) is 4.79 Å². The Kier molecular flexibility index (Phi) is 5.12. The van der Waals surface area contributed by atoms with Gasteiger partial charge in [-0.1, -0.05) is 12.1 Å². The lowest BCUT2D eigenvalue weighted by Gasteiger charge is -2.24. The van der Waals surface area contributed by atoms with Crippen LogP contribution in [0.3, 0.4) is 0 Å². The zero-order valence-corrected chi connectivity index (χ0v) is 12.6. The van der Waals surface area contributed by atoms with Crippen LogP contribution < -0.4 is 10.6 Å². The van der Waals surface area contributed by atoms with Crippen LogP contribution in [-0.4, -0.2) is 42.1 Å². The van der Waals surface area contributed by atoms with Gasteiger partial charge in [0.05, 0.1) is 0 Å². The molecule has 0 bridgehead atoms. The normalized spacial score (nSPS) is 17.9. The summed E-state index contributed by atoms with van der Waals surface area (Å²) < 4.78 is 36.5. The first kappa shape index (κ1) is 17.1. The number of carbonyl (C=O) groups is 2. The number of hydrogen-bond acceptors (Lipinski definition) is 2. The maximum absolute atomic E-state index is 12.3. The van der Waals surface area contributed by atoms with Crippen molar-refractivity contribution in [2.45, 2.75) is 32.0 Å². The number of likely N-dealkylation sites (tertiary alicyclic amines) is 1. The Labute approximate surface area is 131 Å². The largest absolute Gasteiger partial charge is 0.405 e. The third-order valence-corrected chi connectivity index (χ3v) is 3.55. The van der Waals surface area contributed by atoms with E-state index < -0.39 is 30.7 Å². The molecule has 0 radical (unpaired) electrons. The average molecular weight is 329 g/mol. The first-order chi connectivity index (χ1) is 10.8. The number of hydrogen-bond donors (Lipinski definition) is 2. The van der Waals surface area contributed by atoms with Gasteiger partial charge in [0.25, 0.3) is 0 Å². The monoisotopic (exact) mass is 329 g/mol. The van der Waals surface area contributed by atoms with E-state index in [1.54, 1.807) is 18.2 Å². The smallest absolute Gasteiger partial charge is 0.345 e. The molecule has 2 rings (SSSR count). The highest BCUT2D eigenvalue weighted by Crippen LogP contribution is 2.20. The molecule has 1 aliphatic rings. The average Bonchev–Trinajstić information content (AvgIpc) is 2.93. The molecule has 1 aromatic carbocycles. The maximum Gasteiger partial charge on any atom is 0.405 e. The lowest BCUT2D eigenvalue weighted by atomic mass is 10.2. The van der Waals surface area contributed by atoms with E-state index in [9.17, 15) is 22.8 Å². The standard InChI is InChI=1S/C15H18F3N3O2/c1-10-4-2-5-11(8-10)20-14(23)21-7-3-6-12(21)13(22)19-9-15(16,17)18/h2,4-5,8,12H,3,6-7,9H2,1H3,(H,19,22)(H,20,23)/t12-/m0/s1. The molecule has 0 aliphatic carbocycles. The van der Waals surface area contributed by atoms with Gasteiger partial charge in [-0.3, -0.25) is 4.79 Å². The molecule has 1 saturated heterocycles. The summed E-state index contributed by atoms with van der Waals surface area (Å²) in [5, 5.41) is 4.50. The Morgan fingerprint density at radius 2 is 2.09 bits per heavy atom. The number of aryl methyl sites for hydroxylation is 1. The molecule has 23 heavy (non-hydrogen) atoms. The fourth-order valence-electron chi connectivity index (χ4n) is 2.51. The van der Waals surface area contributed by atoms with Crippen LogP contribution >= 0.6 is 0 Å². The van der Waals surface area contributed by atoms with Gasteiger partial charge >= 0.3 is 12.2 Å². The third kappa shape index (κ3) is 4.87. The van der Waals surface area contributed by atoms with Gasteiger partial charge in [-0.05, 0) is 37.5 Å². The summed E-state index contributed by atoms with van der Waals surface area (Å²) in [5.41, 5.74) is 1.54. The quantitative estimate of drug-likeness (QED) is 0.896. The van der Waals surface area contributed by atoms with Crippen molar-refractivity contribution in [3.63, 3.8) is 0 Å². The summed E-state index contributed by atoms with van der Waals surface area (Å²) >= 11 is 0. The fraction of sp³-hybridized carbons (Fsp3) is 0.467. The highest BCUT2D eigenvalue weighted by atomic mass is 19.4. The molecule has 2 N–H and O–H groups in total. The summed E-state index contributed by atoms with van der Waals surface area (Å²) in [6.07, 6.45) is -3.54. The number of carbonyl (C=O) groups excluding carboxylic acids is 2. The van der Waals surface area contributed by atoms with E-state index in [2.05, 4.69) is 5.32 Å². The van der Waals surface area contributed by atoms with Crippen LogP contribution in [0, 0.1) is 6.92 Å². The Morgan fingerprint density at radius 3 is 2.74 bits per heavy atom. The topological polar surface area (TPSA) is 61.4 Å². The van der Waals surface area contributed by atoms with Gasteiger partial charge in [0.1, 0.15) is 12.6 Å². The maximum atomic E-state index is 12.3. The minimum Gasteiger partial charge on any atom is -0.345 e. The van der Waals surface area contributed by atoms with E-state index >= 15 is 0 Å². The number of rotatable bonds is 3. The summed E-state index contributed by atoms with van der Waals surface area (Å²) in [7, 11) is 0. The molecule has 0 saturated carbocycles. The van der Waals surface area contributed by atoms with Crippen LogP contribution in [0.5, 0.6) is 0 Å². The summed E-state index contributed by atoms with van der Waals surface area (Å²) in [6.45, 7) is 0.816. The van der Waals surface area contributed by atoms with Crippen molar-refractivity contribution in [1.29, 1.82) is 0 Å². The van der Waals surface area contributed by atoms with E-state index in [0.717, 1.165) is 5.56 Å². The zero-order chi connectivity index (χ0) is 17.0. The fourth-order valence-corrected chi connectivity index (χ4v) is 2.51. The zero-order valence-electron chi connectivity index (χ0n) is 12.6. The number of anilines is 1. The van der Waals surface area contributed by atoms with Crippen molar-refractivity contribution in [2.24, 2.45) is 0 Å². The lowest BCUT2D eigenvalue weighted by molar-refractivity contribution is -0.140. The molecule has 0 unspecified atom stereocenters. The van der Waals surface area contributed by atoms with Crippen molar-refractivity contribution < 1.29 is 22.8 Å². The molecule has 8 heteroatoms. The second kappa shape index (κ2) is 6.89. The van der Waals surface area contributed by atoms with Gasteiger partial charge < -0.3 is 15.5 Å². The van der Waals surface area contributed by atoms with Crippen molar-refractivity contribution in [3.05, 3.63) is 29.8 Å². The van der Waals surface area contributed by atoms with E-state index in [1.807, 2.05) is 18.3 Å². The van der Waals surface area contributed by atoms with Crippen molar-refractivity contribution >= 4 is 17.6 Å². The first-order valence-corrected chi connectivity index (χ1v) is 7.25. The summed E-state index contributed by atoms with van der Waals surface area (Å²) in [6, 6.07) is 5.77. The molecular formula is C15H18F3N3O2. The Morgan fingerprint density at radius 1 is 1.35 bits per heavy atom. The van der Waals surface area contributed by atoms with E-state index in [1.165, 1.54) is 4.90 Å². The predicted octanol–water partition coefficient (Wildman–Crippen LogP) is 2.67. The number of halogens is 3. The molecule has 5 nitrogen and oxygen atoms in total. The second-order valence-corrected chi connectivity index (χ2v) is 5.48. The Balaban J connectivity index is 1.97. The number of benzene rings is 1. The second-order valence-electron chi connectivity index (χ2n) is 5.48. The van der Waals surface area contributed by atoms with Crippen LogP contribution in [0.25, 0.3) is 0 Å². The summed E-state index contributed by atoms with van der Waals surface area (Å²) in [5.74, 6) is -0.779. The minimum absolute atomic E-state index is 0.335.